The van der Waals surface area contributed by atoms with Gasteiger partial charge in [-0.1, -0.05) is 49.7 Å². The molecule has 0 bridgehead atoms. The molecule has 0 saturated heterocycles. The maximum atomic E-state index is 6.09. The topological polar surface area (TPSA) is 38.4 Å². The quantitative estimate of drug-likeness (QED) is 0.639. The monoisotopic (exact) mass is 258 g/mol. The number of hydrogen-bond donors (Lipinski definition) is 1. The minimum atomic E-state index is 0.190. The summed E-state index contributed by atoms with van der Waals surface area (Å²) in [6.45, 7) is 2.18. The summed E-state index contributed by atoms with van der Waals surface area (Å²) in [4.78, 5) is 5.97. The second-order valence-corrected chi connectivity index (χ2v) is 5.18. The summed E-state index contributed by atoms with van der Waals surface area (Å²) >= 11 is 1.75. The molecule has 0 spiro atoms. The molecule has 1 aromatic heterocycles. The number of nitrogens with two attached hydrogens (primary N) is 1. The Labute approximate surface area is 112 Å². The van der Waals surface area contributed by atoms with Gasteiger partial charge in [0.15, 0.2) is 0 Å². The normalized spacial score (nSPS) is 13.5. The molecule has 1 aromatic carbocycles. The second kappa shape index (κ2) is 6.36. The Bertz CT molecular complexity index is 488. The van der Waals surface area contributed by atoms with Gasteiger partial charge < -0.3 is 5.73 Å². The van der Waals surface area contributed by atoms with E-state index in [9.17, 15) is 0 Å². The van der Waals surface area contributed by atoms with Gasteiger partial charge in [-0.25, -0.2) is 0 Å². The van der Waals surface area contributed by atoms with Crippen LogP contribution in [0.4, 0.5) is 0 Å². The van der Waals surface area contributed by atoms with E-state index in [1.54, 1.807) is 11.3 Å². The van der Waals surface area contributed by atoms with Crippen molar-refractivity contribution in [3.63, 3.8) is 0 Å². The van der Waals surface area contributed by atoms with E-state index in [4.69, 9.17) is 5.73 Å². The van der Waals surface area contributed by atoms with Crippen molar-refractivity contribution in [3.8, 4) is 0 Å². The molecule has 0 saturated carbocycles. The van der Waals surface area contributed by atoms with Gasteiger partial charge >= 0.3 is 0 Å². The molecule has 2 N–H and O–H groups in total. The minimum absolute atomic E-state index is 0.190. The number of benzene rings is 1. The van der Waals surface area contributed by atoms with Gasteiger partial charge in [0.05, 0.1) is 6.04 Å². The van der Waals surface area contributed by atoms with Crippen LogP contribution in [0.25, 0.3) is 0 Å². The summed E-state index contributed by atoms with van der Waals surface area (Å²) in [7, 11) is 0. The molecule has 0 aliphatic heterocycles. The number of nitrogens with zero attached hydrogens (tertiary/aromatic N) is 1. The van der Waals surface area contributed by atoms with E-state index >= 15 is 0 Å². The molecule has 0 amide bonds. The van der Waals surface area contributed by atoms with Gasteiger partial charge in [-0.05, 0) is 17.9 Å². The fourth-order valence-electron chi connectivity index (χ4n) is 1.88. The molecule has 3 heteroatoms. The number of hydrogen-bond acceptors (Lipinski definition) is 2. The molecule has 18 heavy (non-hydrogen) atoms. The first kappa shape index (κ1) is 12.8. The van der Waals surface area contributed by atoms with Crippen LogP contribution in [0.5, 0.6) is 0 Å². The Balaban J connectivity index is 2.23. The second-order valence-electron chi connectivity index (χ2n) is 4.20. The molecule has 2 nitrogen and oxygen atoms in total. The fraction of sp³-hybridized carbons (Fsp3) is 0.267. The highest BCUT2D eigenvalue weighted by molar-refractivity contribution is 7.10. The van der Waals surface area contributed by atoms with E-state index in [2.05, 4.69) is 29.4 Å². The summed E-state index contributed by atoms with van der Waals surface area (Å²) < 4.78 is 0. The molecule has 2 aromatic rings. The number of aliphatic imine (C=N–C) groups is 1. The van der Waals surface area contributed by atoms with Gasteiger partial charge in [-0.3, -0.25) is 4.99 Å². The van der Waals surface area contributed by atoms with Gasteiger partial charge in [0.2, 0.25) is 0 Å². The van der Waals surface area contributed by atoms with Crippen LogP contribution >= 0.6 is 11.3 Å². The van der Waals surface area contributed by atoms with Crippen molar-refractivity contribution in [2.45, 2.75) is 25.8 Å². The summed E-state index contributed by atoms with van der Waals surface area (Å²) in [5, 5.41) is 2.09. The third-order valence-corrected chi connectivity index (χ3v) is 3.77. The highest BCUT2D eigenvalue weighted by Crippen LogP contribution is 2.27. The van der Waals surface area contributed by atoms with Gasteiger partial charge in [0.1, 0.15) is 5.84 Å². The summed E-state index contributed by atoms with van der Waals surface area (Å²) in [5.74, 6) is 0.627. The summed E-state index contributed by atoms with van der Waals surface area (Å²) in [6, 6.07) is 14.3. The highest BCUT2D eigenvalue weighted by atomic mass is 32.1. The fourth-order valence-corrected chi connectivity index (χ4v) is 2.68. The summed E-state index contributed by atoms with van der Waals surface area (Å²) in [6.07, 6.45) is 2.14. The SMILES string of the molecule is CCCC(N=C(N)c1ccccc1)c1cccs1. The third kappa shape index (κ3) is 3.20. The van der Waals surface area contributed by atoms with Crippen LogP contribution in [-0.4, -0.2) is 5.84 Å². The summed E-state index contributed by atoms with van der Waals surface area (Å²) in [5.41, 5.74) is 7.08. The van der Waals surface area contributed by atoms with Crippen molar-refractivity contribution in [2.75, 3.05) is 0 Å². The molecule has 2 rings (SSSR count). The average Bonchev–Trinajstić information content (AvgIpc) is 2.93. The Kier molecular flexibility index (Phi) is 4.53. The Hall–Kier alpha value is -1.61. The molecular formula is C15H18N2S. The standard InChI is InChI=1S/C15H18N2S/c1-2-7-13(14-10-6-11-18-14)17-15(16)12-8-4-3-5-9-12/h3-6,8-11,13H,2,7H2,1H3,(H2,16,17). The molecule has 1 unspecified atom stereocenters. The lowest BCUT2D eigenvalue weighted by Gasteiger charge is -2.11. The van der Waals surface area contributed by atoms with Crippen LogP contribution in [0.15, 0.2) is 52.8 Å². The van der Waals surface area contributed by atoms with Crippen molar-refractivity contribution in [1.82, 2.24) is 0 Å². The molecule has 0 radical (unpaired) electrons. The first-order chi connectivity index (χ1) is 8.81. The van der Waals surface area contributed by atoms with Crippen LogP contribution in [0, 0.1) is 0 Å². The zero-order valence-corrected chi connectivity index (χ0v) is 11.4. The Morgan fingerprint density at radius 2 is 2.00 bits per heavy atom. The Morgan fingerprint density at radius 1 is 1.22 bits per heavy atom. The maximum Gasteiger partial charge on any atom is 0.126 e. The predicted molar refractivity (Wildman–Crippen MR) is 79.1 cm³/mol. The van der Waals surface area contributed by atoms with Crippen molar-refractivity contribution in [2.24, 2.45) is 10.7 Å². The van der Waals surface area contributed by atoms with E-state index in [1.807, 2.05) is 30.3 Å². The zero-order chi connectivity index (χ0) is 12.8. The zero-order valence-electron chi connectivity index (χ0n) is 10.5. The van der Waals surface area contributed by atoms with Crippen LogP contribution in [0.2, 0.25) is 0 Å². The van der Waals surface area contributed by atoms with Crippen LogP contribution in [0.1, 0.15) is 36.2 Å². The molecule has 0 aliphatic rings. The van der Waals surface area contributed by atoms with Gasteiger partial charge in [-0.2, -0.15) is 0 Å². The lowest BCUT2D eigenvalue weighted by molar-refractivity contribution is 0.650. The van der Waals surface area contributed by atoms with Gasteiger partial charge in [0.25, 0.3) is 0 Å². The molecule has 94 valence electrons. The van der Waals surface area contributed by atoms with E-state index in [0.29, 0.717) is 5.84 Å². The van der Waals surface area contributed by atoms with E-state index in [-0.39, 0.29) is 6.04 Å². The number of rotatable bonds is 5. The molecule has 0 aliphatic carbocycles. The van der Waals surface area contributed by atoms with Crippen molar-refractivity contribution < 1.29 is 0 Å². The van der Waals surface area contributed by atoms with E-state index < -0.39 is 0 Å². The molecular weight excluding hydrogens is 240 g/mol. The molecule has 1 atom stereocenters. The Morgan fingerprint density at radius 3 is 2.61 bits per heavy atom. The van der Waals surface area contributed by atoms with Crippen molar-refractivity contribution >= 4 is 17.2 Å². The van der Waals surface area contributed by atoms with Crippen LogP contribution in [-0.2, 0) is 0 Å². The third-order valence-electron chi connectivity index (χ3n) is 2.80. The van der Waals surface area contributed by atoms with E-state index in [0.717, 1.165) is 18.4 Å². The highest BCUT2D eigenvalue weighted by Gasteiger charge is 2.11. The lowest BCUT2D eigenvalue weighted by atomic mass is 10.1. The van der Waals surface area contributed by atoms with Crippen LogP contribution < -0.4 is 5.73 Å². The van der Waals surface area contributed by atoms with Gasteiger partial charge in [0, 0.05) is 10.4 Å². The first-order valence-electron chi connectivity index (χ1n) is 6.23. The van der Waals surface area contributed by atoms with Crippen LogP contribution in [0.3, 0.4) is 0 Å². The minimum Gasteiger partial charge on any atom is -0.383 e. The smallest absolute Gasteiger partial charge is 0.126 e. The maximum absolute atomic E-state index is 6.09. The lowest BCUT2D eigenvalue weighted by Crippen LogP contribution is -2.15. The number of thiophene rings is 1. The molecule has 1 heterocycles. The van der Waals surface area contributed by atoms with E-state index in [1.165, 1.54) is 4.88 Å². The average molecular weight is 258 g/mol. The number of amidine groups is 1. The van der Waals surface area contributed by atoms with Crippen molar-refractivity contribution in [3.05, 3.63) is 58.3 Å². The van der Waals surface area contributed by atoms with Crippen molar-refractivity contribution in [1.29, 1.82) is 0 Å². The van der Waals surface area contributed by atoms with Gasteiger partial charge in [-0.15, -0.1) is 11.3 Å². The first-order valence-corrected chi connectivity index (χ1v) is 7.11. The largest absolute Gasteiger partial charge is 0.383 e. The predicted octanol–water partition coefficient (Wildman–Crippen LogP) is 3.99. The molecule has 0 fully saturated rings.